The van der Waals surface area contributed by atoms with Gasteiger partial charge in [-0.3, -0.25) is 0 Å². The van der Waals surface area contributed by atoms with E-state index in [1.807, 2.05) is 0 Å². The number of rotatable bonds is 2. The lowest BCUT2D eigenvalue weighted by Crippen LogP contribution is -2.62. The summed E-state index contributed by atoms with van der Waals surface area (Å²) in [5, 5.41) is 0. The Hall–Kier alpha value is -4.24. The largest absolute Gasteiger partial charge is 0.311 e. The van der Waals surface area contributed by atoms with Gasteiger partial charge in [0.1, 0.15) is 0 Å². The summed E-state index contributed by atoms with van der Waals surface area (Å²) in [6.45, 7) is 11.6. The van der Waals surface area contributed by atoms with E-state index in [0.29, 0.717) is 0 Å². The molecule has 0 N–H and O–H groups in total. The Bertz CT molecular complexity index is 1720. The number of hydrogen-bond donors (Lipinski definition) is 0. The third-order valence-corrected chi connectivity index (χ3v) is 8.33. The van der Waals surface area contributed by atoms with Gasteiger partial charge in [-0.2, -0.15) is 0 Å². The zero-order valence-corrected chi connectivity index (χ0v) is 23.4. The maximum atomic E-state index is 2.51. The molecule has 5 aromatic rings. The Morgan fingerprint density at radius 1 is 0.538 bits per heavy atom. The number of benzene rings is 5. The van der Waals surface area contributed by atoms with E-state index in [4.69, 9.17) is 0 Å². The lowest BCUT2D eigenvalue weighted by molar-refractivity contribution is 0.590. The fourth-order valence-corrected chi connectivity index (χ4v) is 6.60. The van der Waals surface area contributed by atoms with E-state index in [1.54, 1.807) is 0 Å². The van der Waals surface area contributed by atoms with E-state index in [0.717, 1.165) is 0 Å². The van der Waals surface area contributed by atoms with Gasteiger partial charge in [-0.05, 0) is 95.3 Å². The molecule has 0 spiro atoms. The summed E-state index contributed by atoms with van der Waals surface area (Å²) in [6.07, 6.45) is 0. The molecule has 2 nitrogen and oxygen atoms in total. The Balaban J connectivity index is 1.66. The summed E-state index contributed by atoms with van der Waals surface area (Å²) in [5.74, 6) is 0. The van der Waals surface area contributed by atoms with Crippen LogP contribution in [0.25, 0.3) is 0 Å². The van der Waals surface area contributed by atoms with Crippen LogP contribution in [-0.4, -0.2) is 6.71 Å². The second kappa shape index (κ2) is 8.64. The van der Waals surface area contributed by atoms with Gasteiger partial charge >= 0.3 is 0 Å². The smallest absolute Gasteiger partial charge is 0.252 e. The van der Waals surface area contributed by atoms with Crippen LogP contribution in [0.1, 0.15) is 37.5 Å². The van der Waals surface area contributed by atoms with Crippen LogP contribution in [0.5, 0.6) is 0 Å². The van der Waals surface area contributed by atoms with Crippen LogP contribution >= 0.6 is 0 Å². The maximum Gasteiger partial charge on any atom is 0.252 e. The quantitative estimate of drug-likeness (QED) is 0.223. The van der Waals surface area contributed by atoms with Gasteiger partial charge in [0.25, 0.3) is 6.71 Å². The van der Waals surface area contributed by atoms with Crippen molar-refractivity contribution in [2.75, 3.05) is 9.80 Å². The van der Waals surface area contributed by atoms with Crippen molar-refractivity contribution in [3.8, 4) is 0 Å². The maximum absolute atomic E-state index is 2.51. The van der Waals surface area contributed by atoms with Gasteiger partial charge in [-0.25, -0.2) is 0 Å². The summed E-state index contributed by atoms with van der Waals surface area (Å²) in [5.41, 5.74) is 15.6. The van der Waals surface area contributed by atoms with Crippen molar-refractivity contribution in [2.24, 2.45) is 0 Å². The van der Waals surface area contributed by atoms with Crippen LogP contribution in [0.2, 0.25) is 0 Å². The molecule has 3 heteroatoms. The van der Waals surface area contributed by atoms with E-state index >= 15 is 0 Å². The zero-order chi connectivity index (χ0) is 26.9. The number of hydrogen-bond acceptors (Lipinski definition) is 2. The Labute approximate surface area is 232 Å². The second-order valence-electron chi connectivity index (χ2n) is 12.0. The molecule has 0 saturated heterocycles. The van der Waals surface area contributed by atoms with Crippen molar-refractivity contribution < 1.29 is 0 Å². The van der Waals surface area contributed by atoms with Crippen molar-refractivity contribution in [1.29, 1.82) is 0 Å². The van der Waals surface area contributed by atoms with E-state index < -0.39 is 0 Å². The molecule has 0 aliphatic carbocycles. The topological polar surface area (TPSA) is 6.48 Å². The molecular weight excluding hydrogens is 471 g/mol. The van der Waals surface area contributed by atoms with Crippen molar-refractivity contribution in [2.45, 2.75) is 40.0 Å². The monoisotopic (exact) mass is 504 g/mol. The molecule has 2 heterocycles. The molecule has 0 atom stereocenters. The van der Waals surface area contributed by atoms with E-state index in [1.165, 1.54) is 67.2 Å². The highest BCUT2D eigenvalue weighted by molar-refractivity contribution is 7.00. The minimum absolute atomic E-state index is 0.00843. The first kappa shape index (κ1) is 23.9. The van der Waals surface area contributed by atoms with Crippen LogP contribution in [-0.2, 0) is 5.41 Å². The highest BCUT2D eigenvalue weighted by atomic mass is 15.2. The number of aryl methyl sites for hydroxylation is 2. The van der Waals surface area contributed by atoms with Gasteiger partial charge < -0.3 is 9.80 Å². The normalized spacial score (nSPS) is 13.6. The van der Waals surface area contributed by atoms with Crippen LogP contribution in [0.15, 0.2) is 109 Å². The second-order valence-corrected chi connectivity index (χ2v) is 12.0. The average Bonchev–Trinajstić information content (AvgIpc) is 2.93. The molecule has 7 rings (SSSR count). The molecule has 39 heavy (non-hydrogen) atoms. The van der Waals surface area contributed by atoms with Gasteiger partial charge in [0.05, 0.1) is 0 Å². The SMILES string of the molecule is Cc1cc(C)c2c(c1)N(c1ccccc1)c1cc(C(C)(C)C)cc3c1B2c1ccccc1N3c1ccccc1. The minimum Gasteiger partial charge on any atom is -0.311 e. The fourth-order valence-electron chi connectivity index (χ4n) is 6.60. The van der Waals surface area contributed by atoms with Crippen molar-refractivity contribution >= 4 is 57.2 Å². The standard InChI is InChI=1S/C36H33BN2/c1-24-20-25(2)34-31(21-24)39(28-16-10-7-11-17-28)33-23-26(36(3,4)5)22-32-35(33)37(34)29-18-12-13-19-30(29)38(32)27-14-8-6-9-15-27/h6-23H,1-5H3. The Morgan fingerprint density at radius 3 is 1.64 bits per heavy atom. The molecule has 2 aliphatic heterocycles. The third-order valence-electron chi connectivity index (χ3n) is 8.33. The lowest BCUT2D eigenvalue weighted by Gasteiger charge is -2.45. The molecule has 0 bridgehead atoms. The van der Waals surface area contributed by atoms with Gasteiger partial charge in [-0.15, -0.1) is 0 Å². The molecule has 0 fully saturated rings. The lowest BCUT2D eigenvalue weighted by atomic mass is 9.32. The van der Waals surface area contributed by atoms with E-state index in [-0.39, 0.29) is 12.1 Å². The van der Waals surface area contributed by atoms with Gasteiger partial charge in [-0.1, -0.05) is 87.0 Å². The summed E-state index contributed by atoms with van der Waals surface area (Å²) in [4.78, 5) is 4.99. The Morgan fingerprint density at radius 2 is 1.05 bits per heavy atom. The third kappa shape index (κ3) is 3.64. The first-order chi connectivity index (χ1) is 18.8. The van der Waals surface area contributed by atoms with E-state index in [2.05, 4.69) is 154 Å². The number of fused-ring (bicyclic) bond motifs is 4. The highest BCUT2D eigenvalue weighted by Crippen LogP contribution is 2.46. The predicted molar refractivity (Wildman–Crippen MR) is 169 cm³/mol. The molecule has 0 saturated carbocycles. The molecule has 190 valence electrons. The Kier molecular flexibility index (Phi) is 5.28. The number of para-hydroxylation sites is 3. The predicted octanol–water partition coefficient (Wildman–Crippen LogP) is 7.68. The zero-order valence-electron chi connectivity index (χ0n) is 23.4. The summed E-state index contributed by atoms with van der Waals surface area (Å²) in [6, 6.07) is 40.4. The minimum atomic E-state index is -0.00843. The van der Waals surface area contributed by atoms with Crippen LogP contribution < -0.4 is 26.2 Å². The first-order valence-electron chi connectivity index (χ1n) is 13.9. The van der Waals surface area contributed by atoms with E-state index in [9.17, 15) is 0 Å². The molecule has 0 aromatic heterocycles. The summed E-state index contributed by atoms with van der Waals surface area (Å²) < 4.78 is 0. The molecule has 0 amide bonds. The average molecular weight is 504 g/mol. The van der Waals surface area contributed by atoms with Crippen molar-refractivity contribution in [3.05, 3.63) is 126 Å². The molecule has 0 unspecified atom stereocenters. The van der Waals surface area contributed by atoms with Crippen molar-refractivity contribution in [3.63, 3.8) is 0 Å². The van der Waals surface area contributed by atoms with Gasteiger partial charge in [0.15, 0.2) is 0 Å². The van der Waals surface area contributed by atoms with Crippen LogP contribution in [0.4, 0.5) is 34.1 Å². The summed E-state index contributed by atoms with van der Waals surface area (Å²) >= 11 is 0. The molecular formula is C36H33BN2. The fraction of sp³-hybridized carbons (Fsp3) is 0.167. The van der Waals surface area contributed by atoms with Crippen LogP contribution in [0.3, 0.4) is 0 Å². The molecule has 0 radical (unpaired) electrons. The van der Waals surface area contributed by atoms with Gasteiger partial charge in [0.2, 0.25) is 0 Å². The number of anilines is 6. The van der Waals surface area contributed by atoms with Crippen LogP contribution in [0, 0.1) is 13.8 Å². The molecule has 5 aromatic carbocycles. The summed E-state index contributed by atoms with van der Waals surface area (Å²) in [7, 11) is 0. The molecule has 2 aliphatic rings. The first-order valence-corrected chi connectivity index (χ1v) is 13.9. The van der Waals surface area contributed by atoms with Gasteiger partial charge in [0, 0.05) is 34.1 Å². The van der Waals surface area contributed by atoms with Crippen molar-refractivity contribution in [1.82, 2.24) is 0 Å². The highest BCUT2D eigenvalue weighted by Gasteiger charge is 2.44. The number of nitrogens with zero attached hydrogens (tertiary/aromatic N) is 2.